The molecule has 4 aromatic rings. The lowest BCUT2D eigenvalue weighted by Gasteiger charge is -2.17. The van der Waals surface area contributed by atoms with Crippen molar-refractivity contribution in [1.29, 1.82) is 0 Å². The minimum atomic E-state index is -0.150. The monoisotopic (exact) mass is 392 g/mol. The van der Waals surface area contributed by atoms with E-state index in [4.69, 9.17) is 10.2 Å². The van der Waals surface area contributed by atoms with Crippen LogP contribution in [0.3, 0.4) is 0 Å². The van der Waals surface area contributed by atoms with E-state index in [9.17, 15) is 4.79 Å². The summed E-state index contributed by atoms with van der Waals surface area (Å²) in [4.78, 5) is 14.9. The number of H-pyrrole nitrogens is 1. The van der Waals surface area contributed by atoms with Gasteiger partial charge in [0.25, 0.3) is 5.91 Å². The summed E-state index contributed by atoms with van der Waals surface area (Å²) in [6.45, 7) is 0.360. The van der Waals surface area contributed by atoms with E-state index in [2.05, 4.69) is 15.5 Å². The summed E-state index contributed by atoms with van der Waals surface area (Å²) < 4.78 is 5.22. The van der Waals surface area contributed by atoms with Gasteiger partial charge in [0.05, 0.1) is 33.5 Å². The predicted octanol–water partition coefficient (Wildman–Crippen LogP) is 3.70. The second-order valence-electron chi connectivity index (χ2n) is 6.43. The number of nitrogens with one attached hydrogen (secondary N) is 2. The first-order valence-corrected chi connectivity index (χ1v) is 9.77. The van der Waals surface area contributed by atoms with Crippen molar-refractivity contribution < 1.29 is 9.21 Å². The number of amides is 1. The molecule has 4 N–H and O–H groups in total. The summed E-state index contributed by atoms with van der Waals surface area (Å²) in [7, 11) is 0. The molecule has 1 unspecified atom stereocenters. The Morgan fingerprint density at radius 3 is 2.79 bits per heavy atom. The van der Waals surface area contributed by atoms with E-state index in [0.29, 0.717) is 18.5 Å². The highest BCUT2D eigenvalue weighted by molar-refractivity contribution is 7.19. The van der Waals surface area contributed by atoms with E-state index in [-0.39, 0.29) is 11.9 Å². The number of aromatic nitrogens is 2. The minimum Gasteiger partial charge on any atom is -0.472 e. The minimum absolute atomic E-state index is 0.149. The fraction of sp³-hybridized carbons (Fsp3) is 0.143. The number of rotatable bonds is 7. The van der Waals surface area contributed by atoms with Crippen molar-refractivity contribution in [2.75, 3.05) is 6.54 Å². The lowest BCUT2D eigenvalue weighted by Crippen LogP contribution is -2.41. The van der Waals surface area contributed by atoms with Crippen LogP contribution in [-0.2, 0) is 6.42 Å². The lowest BCUT2D eigenvalue weighted by atomic mass is 10.0. The zero-order valence-electron chi connectivity index (χ0n) is 15.1. The standard InChI is InChI=1S/C21H20N4O2S/c22-12-16(10-14-4-2-1-3-5-14)24-21(26)17-11-19(18-6-8-23-25-18)28-20(17)15-7-9-27-13-15/h1-9,11,13,16H,10,12,22H2,(H,23,25)(H,24,26). The van der Waals surface area contributed by atoms with Gasteiger partial charge in [0, 0.05) is 24.3 Å². The molecule has 28 heavy (non-hydrogen) atoms. The van der Waals surface area contributed by atoms with Crippen LogP contribution < -0.4 is 11.1 Å². The summed E-state index contributed by atoms with van der Waals surface area (Å²) in [6.07, 6.45) is 5.62. The molecular weight excluding hydrogens is 372 g/mol. The van der Waals surface area contributed by atoms with Crippen LogP contribution in [0.25, 0.3) is 21.0 Å². The van der Waals surface area contributed by atoms with Crippen molar-refractivity contribution in [3.8, 4) is 21.0 Å². The molecule has 0 spiro atoms. The van der Waals surface area contributed by atoms with Crippen LogP contribution in [0.4, 0.5) is 0 Å². The molecule has 0 aliphatic rings. The number of carbonyl (C=O) groups excluding carboxylic acids is 1. The van der Waals surface area contributed by atoms with E-state index in [1.807, 2.05) is 48.5 Å². The van der Waals surface area contributed by atoms with Gasteiger partial charge in [-0.25, -0.2) is 0 Å². The number of nitrogens with two attached hydrogens (primary N) is 1. The summed E-state index contributed by atoms with van der Waals surface area (Å²) in [5.74, 6) is -0.149. The first-order valence-electron chi connectivity index (χ1n) is 8.95. The molecule has 4 rings (SSSR count). The Balaban J connectivity index is 1.60. The van der Waals surface area contributed by atoms with Crippen LogP contribution in [0, 0.1) is 0 Å². The average molecular weight is 392 g/mol. The van der Waals surface area contributed by atoms with Crippen molar-refractivity contribution in [3.63, 3.8) is 0 Å². The van der Waals surface area contributed by atoms with Gasteiger partial charge in [-0.3, -0.25) is 9.89 Å². The van der Waals surface area contributed by atoms with Gasteiger partial charge in [-0.15, -0.1) is 11.3 Å². The van der Waals surface area contributed by atoms with Gasteiger partial charge >= 0.3 is 0 Å². The zero-order chi connectivity index (χ0) is 19.3. The topological polar surface area (TPSA) is 96.9 Å². The number of carbonyl (C=O) groups is 1. The summed E-state index contributed by atoms with van der Waals surface area (Å²) >= 11 is 1.52. The van der Waals surface area contributed by atoms with Gasteiger partial charge < -0.3 is 15.5 Å². The maximum Gasteiger partial charge on any atom is 0.253 e. The zero-order valence-corrected chi connectivity index (χ0v) is 15.9. The van der Waals surface area contributed by atoms with Gasteiger partial charge in [-0.05, 0) is 30.2 Å². The Hall–Kier alpha value is -3.16. The fourth-order valence-corrected chi connectivity index (χ4v) is 4.16. The summed E-state index contributed by atoms with van der Waals surface area (Å²) in [6, 6.07) is 15.5. The lowest BCUT2D eigenvalue weighted by molar-refractivity contribution is 0.0939. The Bertz CT molecular complexity index is 1020. The van der Waals surface area contributed by atoms with E-state index in [0.717, 1.165) is 26.6 Å². The molecule has 1 amide bonds. The van der Waals surface area contributed by atoms with Crippen molar-refractivity contribution >= 4 is 17.2 Å². The molecule has 6 nitrogen and oxygen atoms in total. The van der Waals surface area contributed by atoms with Crippen LogP contribution in [0.5, 0.6) is 0 Å². The molecule has 7 heteroatoms. The number of benzene rings is 1. The molecule has 142 valence electrons. The average Bonchev–Trinajstić information content (AvgIpc) is 3.48. The molecular formula is C21H20N4O2S. The molecule has 1 aromatic carbocycles. The van der Waals surface area contributed by atoms with Gasteiger partial charge in [0.2, 0.25) is 0 Å². The smallest absolute Gasteiger partial charge is 0.253 e. The number of aromatic amines is 1. The highest BCUT2D eigenvalue weighted by Gasteiger charge is 2.21. The number of nitrogens with zero attached hydrogens (tertiary/aromatic N) is 1. The third-order valence-corrected chi connectivity index (χ3v) is 5.69. The molecule has 0 fully saturated rings. The second kappa shape index (κ2) is 8.24. The van der Waals surface area contributed by atoms with Crippen LogP contribution in [0.15, 0.2) is 71.7 Å². The molecule has 3 aromatic heterocycles. The molecule has 0 bridgehead atoms. The second-order valence-corrected chi connectivity index (χ2v) is 7.48. The summed E-state index contributed by atoms with van der Waals surface area (Å²) in [5, 5.41) is 10.0. The molecule has 3 heterocycles. The SMILES string of the molecule is NCC(Cc1ccccc1)NC(=O)c1cc(-c2ccn[nH]2)sc1-c1ccoc1. The van der Waals surface area contributed by atoms with E-state index >= 15 is 0 Å². The number of thiophene rings is 1. The molecule has 0 saturated carbocycles. The Morgan fingerprint density at radius 1 is 1.25 bits per heavy atom. The van der Waals surface area contributed by atoms with E-state index in [1.165, 1.54) is 11.3 Å². The Labute approximate surface area is 166 Å². The van der Waals surface area contributed by atoms with E-state index < -0.39 is 0 Å². The first-order chi connectivity index (χ1) is 13.7. The molecule has 0 aliphatic carbocycles. The number of hydrogen-bond acceptors (Lipinski definition) is 5. The quantitative estimate of drug-likeness (QED) is 0.447. The summed E-state index contributed by atoms with van der Waals surface area (Å²) in [5.41, 5.74) is 9.39. The molecule has 1 atom stereocenters. The maximum atomic E-state index is 13.1. The van der Waals surface area contributed by atoms with Crippen LogP contribution >= 0.6 is 11.3 Å². The largest absolute Gasteiger partial charge is 0.472 e. The fourth-order valence-electron chi connectivity index (χ4n) is 3.05. The van der Waals surface area contributed by atoms with Gasteiger partial charge in [0.1, 0.15) is 0 Å². The van der Waals surface area contributed by atoms with Crippen LogP contribution in [0.2, 0.25) is 0 Å². The van der Waals surface area contributed by atoms with Crippen molar-refractivity contribution in [2.45, 2.75) is 12.5 Å². The highest BCUT2D eigenvalue weighted by atomic mass is 32.1. The number of furan rings is 1. The third kappa shape index (κ3) is 3.90. The highest BCUT2D eigenvalue weighted by Crippen LogP contribution is 2.37. The van der Waals surface area contributed by atoms with Crippen LogP contribution in [0.1, 0.15) is 15.9 Å². The van der Waals surface area contributed by atoms with Crippen molar-refractivity contribution in [1.82, 2.24) is 15.5 Å². The predicted molar refractivity (Wildman–Crippen MR) is 110 cm³/mol. The third-order valence-electron chi connectivity index (χ3n) is 4.47. The van der Waals surface area contributed by atoms with Gasteiger partial charge in [0.15, 0.2) is 0 Å². The Kier molecular flexibility index (Phi) is 5.36. The normalized spacial score (nSPS) is 12.0. The van der Waals surface area contributed by atoms with Gasteiger partial charge in [-0.2, -0.15) is 5.10 Å². The van der Waals surface area contributed by atoms with E-state index in [1.54, 1.807) is 18.7 Å². The van der Waals surface area contributed by atoms with Gasteiger partial charge in [-0.1, -0.05) is 30.3 Å². The molecule has 0 aliphatic heterocycles. The van der Waals surface area contributed by atoms with Crippen molar-refractivity contribution in [3.05, 3.63) is 78.4 Å². The van der Waals surface area contributed by atoms with Crippen molar-refractivity contribution in [2.24, 2.45) is 5.73 Å². The Morgan fingerprint density at radius 2 is 2.11 bits per heavy atom. The van der Waals surface area contributed by atoms with Crippen LogP contribution in [-0.4, -0.2) is 28.7 Å². The number of hydrogen-bond donors (Lipinski definition) is 3. The molecule has 0 radical (unpaired) electrons. The maximum absolute atomic E-state index is 13.1. The molecule has 0 saturated heterocycles. The first kappa shape index (κ1) is 18.2.